The highest BCUT2D eigenvalue weighted by Gasteiger charge is 2.10. The maximum atomic E-state index is 5.32. The Kier molecular flexibility index (Phi) is 5.30. The first-order valence-electron chi connectivity index (χ1n) is 5.31. The van der Waals surface area contributed by atoms with Crippen LogP contribution in [0.2, 0.25) is 0 Å². The molecule has 0 aromatic rings. The first kappa shape index (κ1) is 11.2. The van der Waals surface area contributed by atoms with Crippen LogP contribution in [0.1, 0.15) is 33.1 Å². The molecule has 1 rings (SSSR count). The van der Waals surface area contributed by atoms with Crippen LogP contribution in [-0.4, -0.2) is 19.6 Å². The molecule has 0 bridgehead atoms. The topological polar surface area (TPSA) is 30.8 Å². The molecule has 1 unspecified atom stereocenters. The van der Waals surface area contributed by atoms with Gasteiger partial charge in [0.25, 0.3) is 0 Å². The Bertz CT molecular complexity index is 211. The first-order chi connectivity index (χ1) is 6.86. The van der Waals surface area contributed by atoms with Crippen LogP contribution in [0.25, 0.3) is 0 Å². The molecular formula is C11H19NO2. The molecule has 0 aromatic carbocycles. The lowest BCUT2D eigenvalue weighted by atomic mass is 10.1. The van der Waals surface area contributed by atoms with Crippen molar-refractivity contribution in [2.24, 2.45) is 10.9 Å². The Balaban J connectivity index is 2.50. The highest BCUT2D eigenvalue weighted by atomic mass is 16.7. The molecule has 14 heavy (non-hydrogen) atoms. The summed E-state index contributed by atoms with van der Waals surface area (Å²) in [7, 11) is 0. The van der Waals surface area contributed by atoms with Crippen molar-refractivity contribution in [1.29, 1.82) is 0 Å². The lowest BCUT2D eigenvalue weighted by Gasteiger charge is -2.04. The average Bonchev–Trinajstić information content (AvgIpc) is 2.43. The van der Waals surface area contributed by atoms with Gasteiger partial charge in [-0.1, -0.05) is 20.3 Å². The normalized spacial score (nSPS) is 23.0. The van der Waals surface area contributed by atoms with Gasteiger partial charge < -0.3 is 9.47 Å². The lowest BCUT2D eigenvalue weighted by Crippen LogP contribution is -2.03. The van der Waals surface area contributed by atoms with Crippen LogP contribution in [0.5, 0.6) is 0 Å². The molecule has 3 nitrogen and oxygen atoms in total. The van der Waals surface area contributed by atoms with Crippen LogP contribution in [0.4, 0.5) is 0 Å². The molecule has 1 atom stereocenters. The van der Waals surface area contributed by atoms with Gasteiger partial charge >= 0.3 is 0 Å². The number of aliphatic imine (C=N–C) groups is 1. The van der Waals surface area contributed by atoms with E-state index in [0.29, 0.717) is 18.6 Å². The Hall–Kier alpha value is -0.830. The van der Waals surface area contributed by atoms with Gasteiger partial charge in [0.1, 0.15) is 0 Å². The fourth-order valence-electron chi connectivity index (χ4n) is 1.20. The predicted molar refractivity (Wildman–Crippen MR) is 57.2 cm³/mol. The summed E-state index contributed by atoms with van der Waals surface area (Å²) >= 11 is 0. The molecule has 0 aliphatic carbocycles. The van der Waals surface area contributed by atoms with Gasteiger partial charge in [-0.05, 0) is 18.9 Å². The third kappa shape index (κ3) is 3.92. The molecule has 1 heterocycles. The van der Waals surface area contributed by atoms with Crippen molar-refractivity contribution < 1.29 is 9.47 Å². The summed E-state index contributed by atoms with van der Waals surface area (Å²) in [4.78, 5) is 4.27. The molecule has 80 valence electrons. The summed E-state index contributed by atoms with van der Waals surface area (Å²) in [6, 6.07) is 0. The van der Waals surface area contributed by atoms with E-state index in [0.717, 1.165) is 25.9 Å². The fourth-order valence-corrected chi connectivity index (χ4v) is 1.20. The smallest absolute Gasteiger partial charge is 0.211 e. The van der Waals surface area contributed by atoms with Gasteiger partial charge in [-0.25, -0.2) is 4.99 Å². The molecule has 0 saturated heterocycles. The van der Waals surface area contributed by atoms with Crippen LogP contribution >= 0.6 is 0 Å². The Labute approximate surface area is 85.8 Å². The van der Waals surface area contributed by atoms with Crippen LogP contribution < -0.4 is 0 Å². The van der Waals surface area contributed by atoms with Crippen LogP contribution in [0.3, 0.4) is 0 Å². The lowest BCUT2D eigenvalue weighted by molar-refractivity contribution is -0.0210. The molecule has 0 spiro atoms. The van der Waals surface area contributed by atoms with Gasteiger partial charge in [0.15, 0.2) is 6.79 Å². The number of unbranched alkanes of at least 4 members (excludes halogenated alkanes) is 1. The van der Waals surface area contributed by atoms with Crippen molar-refractivity contribution in [2.75, 3.05) is 13.4 Å². The van der Waals surface area contributed by atoms with Gasteiger partial charge in [0.05, 0.1) is 6.61 Å². The Morgan fingerprint density at radius 1 is 1.57 bits per heavy atom. The maximum absolute atomic E-state index is 5.32. The zero-order valence-electron chi connectivity index (χ0n) is 9.03. The highest BCUT2D eigenvalue weighted by Crippen LogP contribution is 2.14. The van der Waals surface area contributed by atoms with E-state index in [1.807, 2.05) is 6.21 Å². The van der Waals surface area contributed by atoms with Crippen LogP contribution in [0.15, 0.2) is 17.0 Å². The Morgan fingerprint density at radius 3 is 3.14 bits per heavy atom. The minimum atomic E-state index is 0.325. The van der Waals surface area contributed by atoms with E-state index < -0.39 is 0 Å². The average molecular weight is 197 g/mol. The quantitative estimate of drug-likeness (QED) is 0.649. The predicted octanol–water partition coefficient (Wildman–Crippen LogP) is 2.73. The number of rotatable bonds is 4. The first-order valence-corrected chi connectivity index (χ1v) is 5.31. The Morgan fingerprint density at radius 2 is 2.43 bits per heavy atom. The molecule has 0 aromatic heterocycles. The van der Waals surface area contributed by atoms with Crippen molar-refractivity contribution in [2.45, 2.75) is 33.1 Å². The van der Waals surface area contributed by atoms with Gasteiger partial charge in [-0.2, -0.15) is 0 Å². The number of nitrogens with zero attached hydrogens (tertiary/aromatic N) is 1. The third-order valence-corrected chi connectivity index (χ3v) is 2.16. The summed E-state index contributed by atoms with van der Waals surface area (Å²) in [5, 5.41) is 0. The van der Waals surface area contributed by atoms with Crippen molar-refractivity contribution >= 4 is 6.21 Å². The summed E-state index contributed by atoms with van der Waals surface area (Å²) in [5.74, 6) is 1.15. The largest absolute Gasteiger partial charge is 0.451 e. The van der Waals surface area contributed by atoms with E-state index in [9.17, 15) is 0 Å². The number of hydrogen-bond acceptors (Lipinski definition) is 3. The molecule has 0 fully saturated rings. The van der Waals surface area contributed by atoms with Gasteiger partial charge in [-0.3, -0.25) is 0 Å². The molecular weight excluding hydrogens is 178 g/mol. The van der Waals surface area contributed by atoms with Crippen LogP contribution in [0, 0.1) is 5.92 Å². The van der Waals surface area contributed by atoms with Crippen molar-refractivity contribution in [1.82, 2.24) is 0 Å². The summed E-state index contributed by atoms with van der Waals surface area (Å²) in [6.07, 6.45) is 7.14. The monoisotopic (exact) mass is 197 g/mol. The van der Waals surface area contributed by atoms with E-state index in [1.165, 1.54) is 0 Å². The molecule has 1 aliphatic heterocycles. The second-order valence-corrected chi connectivity index (χ2v) is 3.41. The standard InChI is InChI=1S/C11H19NO2/c1-3-5-6-12-11-7-10(4-2)8-13-9-14-11/h6-7,10H,3-5,8-9H2,1-2H3. The third-order valence-electron chi connectivity index (χ3n) is 2.16. The second kappa shape index (κ2) is 6.60. The summed E-state index contributed by atoms with van der Waals surface area (Å²) < 4.78 is 10.6. The van der Waals surface area contributed by atoms with Crippen molar-refractivity contribution in [3.63, 3.8) is 0 Å². The summed E-state index contributed by atoms with van der Waals surface area (Å²) in [6.45, 7) is 5.34. The molecule has 1 aliphatic rings. The van der Waals surface area contributed by atoms with Gasteiger partial charge in [0, 0.05) is 12.1 Å². The minimum Gasteiger partial charge on any atom is -0.451 e. The number of ether oxygens (including phenoxy) is 2. The maximum Gasteiger partial charge on any atom is 0.211 e. The zero-order valence-corrected chi connectivity index (χ0v) is 9.03. The van der Waals surface area contributed by atoms with Gasteiger partial charge in [0.2, 0.25) is 5.88 Å². The molecule has 3 heteroatoms. The highest BCUT2D eigenvalue weighted by molar-refractivity contribution is 5.58. The van der Waals surface area contributed by atoms with Crippen molar-refractivity contribution in [3.8, 4) is 0 Å². The van der Waals surface area contributed by atoms with Gasteiger partial charge in [-0.15, -0.1) is 0 Å². The van der Waals surface area contributed by atoms with E-state index in [4.69, 9.17) is 9.47 Å². The fraction of sp³-hybridized carbons (Fsp3) is 0.727. The van der Waals surface area contributed by atoms with Crippen LogP contribution in [-0.2, 0) is 9.47 Å². The summed E-state index contributed by atoms with van der Waals surface area (Å²) in [5.41, 5.74) is 0. The minimum absolute atomic E-state index is 0.325. The van der Waals surface area contributed by atoms with Crippen molar-refractivity contribution in [3.05, 3.63) is 12.0 Å². The van der Waals surface area contributed by atoms with E-state index in [-0.39, 0.29) is 0 Å². The molecule has 0 saturated carbocycles. The molecule has 0 N–H and O–H groups in total. The van der Waals surface area contributed by atoms with E-state index >= 15 is 0 Å². The SMILES string of the molecule is CCCC=NC1=CC(CC)COCO1. The second-order valence-electron chi connectivity index (χ2n) is 3.41. The zero-order chi connectivity index (χ0) is 10.2. The van der Waals surface area contributed by atoms with E-state index in [1.54, 1.807) is 0 Å². The van der Waals surface area contributed by atoms with E-state index in [2.05, 4.69) is 24.9 Å². The molecule has 0 radical (unpaired) electrons. The number of hydrogen-bond donors (Lipinski definition) is 0. The molecule has 0 amide bonds.